The summed E-state index contributed by atoms with van der Waals surface area (Å²) in [5, 5.41) is 0. The maximum atomic E-state index is 12.3. The summed E-state index contributed by atoms with van der Waals surface area (Å²) < 4.78 is 11.4. The first-order valence-corrected chi connectivity index (χ1v) is 8.33. The van der Waals surface area contributed by atoms with Gasteiger partial charge in [-0.3, -0.25) is 4.79 Å². The summed E-state index contributed by atoms with van der Waals surface area (Å²) in [6, 6.07) is 0. The number of hydrogen-bond donors (Lipinski definition) is 0. The molecule has 114 valence electrons. The molecular weight excluding hydrogens is 254 g/mol. The smallest absolute Gasteiger partial charge is 0.222 e. The number of nitrogens with zero attached hydrogens (tertiary/aromatic N) is 1. The third-order valence-corrected chi connectivity index (χ3v) is 5.18. The van der Waals surface area contributed by atoms with Gasteiger partial charge in [-0.2, -0.15) is 0 Å². The molecule has 1 aliphatic carbocycles. The van der Waals surface area contributed by atoms with Crippen LogP contribution in [0.25, 0.3) is 0 Å². The second-order valence-electron chi connectivity index (χ2n) is 6.53. The highest BCUT2D eigenvalue weighted by Crippen LogP contribution is 2.32. The highest BCUT2D eigenvalue weighted by molar-refractivity contribution is 5.76. The third-order valence-electron chi connectivity index (χ3n) is 5.18. The molecule has 1 amide bonds. The van der Waals surface area contributed by atoms with Gasteiger partial charge in [0.05, 0.1) is 13.2 Å². The fourth-order valence-corrected chi connectivity index (χ4v) is 3.84. The van der Waals surface area contributed by atoms with Crippen molar-refractivity contribution in [3.05, 3.63) is 0 Å². The molecular formula is C16H27NO3. The summed E-state index contributed by atoms with van der Waals surface area (Å²) in [5.41, 5.74) is 0. The van der Waals surface area contributed by atoms with E-state index < -0.39 is 0 Å². The Bertz CT molecular complexity index is 323. The van der Waals surface area contributed by atoms with Crippen molar-refractivity contribution in [1.29, 1.82) is 0 Å². The zero-order valence-electron chi connectivity index (χ0n) is 12.4. The van der Waals surface area contributed by atoms with Gasteiger partial charge in [0, 0.05) is 32.4 Å². The van der Waals surface area contributed by atoms with E-state index in [0.717, 1.165) is 44.7 Å². The van der Waals surface area contributed by atoms with Crippen LogP contribution in [0.1, 0.15) is 57.8 Å². The molecule has 2 saturated heterocycles. The van der Waals surface area contributed by atoms with Crippen LogP contribution in [0.5, 0.6) is 0 Å². The number of amides is 1. The maximum absolute atomic E-state index is 12.3. The van der Waals surface area contributed by atoms with E-state index in [4.69, 9.17) is 9.47 Å². The summed E-state index contributed by atoms with van der Waals surface area (Å²) in [5.74, 6) is 0.772. The Hall–Kier alpha value is -0.610. The van der Waals surface area contributed by atoms with Crippen molar-refractivity contribution in [2.75, 3.05) is 26.3 Å². The lowest BCUT2D eigenvalue weighted by molar-refractivity contribution is -0.187. The molecule has 3 fully saturated rings. The molecule has 1 spiro atoms. The minimum absolute atomic E-state index is 0.337. The van der Waals surface area contributed by atoms with E-state index in [-0.39, 0.29) is 5.79 Å². The number of hydrogen-bond acceptors (Lipinski definition) is 3. The van der Waals surface area contributed by atoms with Crippen molar-refractivity contribution < 1.29 is 14.3 Å². The highest BCUT2D eigenvalue weighted by Gasteiger charge is 2.40. The molecule has 3 rings (SSSR count). The monoisotopic (exact) mass is 281 g/mol. The van der Waals surface area contributed by atoms with E-state index in [1.165, 1.54) is 32.1 Å². The van der Waals surface area contributed by atoms with E-state index in [1.807, 2.05) is 4.90 Å². The van der Waals surface area contributed by atoms with Gasteiger partial charge in [-0.15, -0.1) is 0 Å². The average molecular weight is 281 g/mol. The lowest BCUT2D eigenvalue weighted by Crippen LogP contribution is -2.47. The lowest BCUT2D eigenvalue weighted by Gasteiger charge is -2.37. The van der Waals surface area contributed by atoms with Crippen LogP contribution in [0.2, 0.25) is 0 Å². The molecule has 0 bridgehead atoms. The van der Waals surface area contributed by atoms with Crippen molar-refractivity contribution >= 4 is 5.91 Å². The molecule has 4 nitrogen and oxygen atoms in total. The molecule has 4 heteroatoms. The Morgan fingerprint density at radius 1 is 1.05 bits per heavy atom. The number of ether oxygens (including phenoxy) is 2. The normalized spacial score (nSPS) is 27.1. The van der Waals surface area contributed by atoms with E-state index >= 15 is 0 Å². The molecule has 0 unspecified atom stereocenters. The lowest BCUT2D eigenvalue weighted by atomic mass is 9.86. The molecule has 0 radical (unpaired) electrons. The quantitative estimate of drug-likeness (QED) is 0.798. The Balaban J connectivity index is 1.39. The van der Waals surface area contributed by atoms with Gasteiger partial charge in [-0.25, -0.2) is 0 Å². The first kappa shape index (κ1) is 14.3. The van der Waals surface area contributed by atoms with Crippen LogP contribution in [0.3, 0.4) is 0 Å². The molecule has 3 aliphatic rings. The second kappa shape index (κ2) is 6.44. The fourth-order valence-electron chi connectivity index (χ4n) is 3.84. The van der Waals surface area contributed by atoms with Crippen LogP contribution in [-0.4, -0.2) is 42.9 Å². The molecule has 0 atom stereocenters. The van der Waals surface area contributed by atoms with Crippen LogP contribution in [0.15, 0.2) is 0 Å². The third kappa shape index (κ3) is 3.34. The van der Waals surface area contributed by atoms with Gasteiger partial charge in [-0.1, -0.05) is 32.1 Å². The summed E-state index contributed by atoms with van der Waals surface area (Å²) >= 11 is 0. The molecule has 0 aromatic rings. The Labute approximate surface area is 121 Å². The molecule has 20 heavy (non-hydrogen) atoms. The SMILES string of the molecule is O=C(CCC1CCCCC1)N1CCC2(CC1)OCCO2. The van der Waals surface area contributed by atoms with Gasteiger partial charge >= 0.3 is 0 Å². The van der Waals surface area contributed by atoms with E-state index in [1.54, 1.807) is 0 Å². The van der Waals surface area contributed by atoms with Crippen LogP contribution in [0.4, 0.5) is 0 Å². The van der Waals surface area contributed by atoms with Crippen LogP contribution >= 0.6 is 0 Å². The Morgan fingerprint density at radius 3 is 2.35 bits per heavy atom. The van der Waals surface area contributed by atoms with Crippen LogP contribution in [0, 0.1) is 5.92 Å². The minimum Gasteiger partial charge on any atom is -0.347 e. The molecule has 1 saturated carbocycles. The van der Waals surface area contributed by atoms with Gasteiger partial charge in [0.1, 0.15) is 0 Å². The summed E-state index contributed by atoms with van der Waals surface area (Å²) in [6.07, 6.45) is 10.3. The first-order chi connectivity index (χ1) is 9.77. The van der Waals surface area contributed by atoms with Crippen LogP contribution in [-0.2, 0) is 14.3 Å². The molecule has 0 aromatic carbocycles. The Kier molecular flexibility index (Phi) is 4.61. The van der Waals surface area contributed by atoms with Crippen LogP contribution < -0.4 is 0 Å². The van der Waals surface area contributed by atoms with E-state index in [9.17, 15) is 4.79 Å². The predicted molar refractivity (Wildman–Crippen MR) is 76.3 cm³/mol. The average Bonchev–Trinajstić information content (AvgIpc) is 2.95. The Morgan fingerprint density at radius 2 is 1.70 bits per heavy atom. The zero-order valence-corrected chi connectivity index (χ0v) is 12.4. The number of carbonyl (C=O) groups is 1. The standard InChI is InChI=1S/C16H27NO3/c18-15(7-6-14-4-2-1-3-5-14)17-10-8-16(9-11-17)19-12-13-20-16/h14H,1-13H2. The topological polar surface area (TPSA) is 38.8 Å². The first-order valence-electron chi connectivity index (χ1n) is 8.33. The largest absolute Gasteiger partial charge is 0.347 e. The maximum Gasteiger partial charge on any atom is 0.222 e. The van der Waals surface area contributed by atoms with Crippen molar-refractivity contribution in [1.82, 2.24) is 4.90 Å². The van der Waals surface area contributed by atoms with Crippen molar-refractivity contribution in [2.24, 2.45) is 5.92 Å². The number of carbonyl (C=O) groups excluding carboxylic acids is 1. The number of likely N-dealkylation sites (tertiary alicyclic amines) is 1. The van der Waals surface area contributed by atoms with E-state index in [2.05, 4.69) is 0 Å². The molecule has 2 aliphatic heterocycles. The summed E-state index contributed by atoms with van der Waals surface area (Å²) in [6.45, 7) is 3.00. The van der Waals surface area contributed by atoms with Crippen molar-refractivity contribution in [3.8, 4) is 0 Å². The van der Waals surface area contributed by atoms with Gasteiger partial charge in [0.2, 0.25) is 5.91 Å². The summed E-state index contributed by atoms with van der Waals surface area (Å²) in [4.78, 5) is 14.3. The number of rotatable bonds is 3. The number of piperidine rings is 1. The van der Waals surface area contributed by atoms with Gasteiger partial charge in [0.25, 0.3) is 0 Å². The highest BCUT2D eigenvalue weighted by atomic mass is 16.7. The fraction of sp³-hybridized carbons (Fsp3) is 0.938. The van der Waals surface area contributed by atoms with Crippen molar-refractivity contribution in [2.45, 2.75) is 63.6 Å². The van der Waals surface area contributed by atoms with Gasteiger partial charge < -0.3 is 14.4 Å². The molecule has 0 N–H and O–H groups in total. The van der Waals surface area contributed by atoms with Gasteiger partial charge in [-0.05, 0) is 12.3 Å². The van der Waals surface area contributed by atoms with Crippen molar-refractivity contribution in [3.63, 3.8) is 0 Å². The molecule has 2 heterocycles. The zero-order chi connectivity index (χ0) is 13.8. The second-order valence-corrected chi connectivity index (χ2v) is 6.53. The molecule has 0 aromatic heterocycles. The minimum atomic E-state index is -0.361. The van der Waals surface area contributed by atoms with Gasteiger partial charge in [0.15, 0.2) is 5.79 Å². The summed E-state index contributed by atoms with van der Waals surface area (Å²) in [7, 11) is 0. The predicted octanol–water partition coefficient (Wildman–Crippen LogP) is 2.71. The van der Waals surface area contributed by atoms with E-state index in [0.29, 0.717) is 19.1 Å².